The van der Waals surface area contributed by atoms with E-state index in [0.717, 1.165) is 29.8 Å². The number of rotatable bonds is 4. The molecule has 0 aromatic heterocycles. The molecule has 110 valence electrons. The number of hydrogen-bond donors (Lipinski definition) is 2. The minimum Gasteiger partial charge on any atom is -0.493 e. The number of hydrogen-bond acceptors (Lipinski definition) is 5. The summed E-state index contributed by atoms with van der Waals surface area (Å²) < 4.78 is 10.8. The summed E-state index contributed by atoms with van der Waals surface area (Å²) >= 11 is 0. The number of anilines is 1. The van der Waals surface area contributed by atoms with E-state index in [-0.39, 0.29) is 5.91 Å². The number of methoxy groups -OCH3 is 2. The van der Waals surface area contributed by atoms with Crippen molar-refractivity contribution in [3.05, 3.63) is 17.2 Å². The molecule has 0 fully saturated rings. The van der Waals surface area contributed by atoms with Gasteiger partial charge in [0.15, 0.2) is 11.5 Å². The molecule has 6 heteroatoms. The third-order valence-corrected chi connectivity index (χ3v) is 3.63. The van der Waals surface area contributed by atoms with Gasteiger partial charge in [0.25, 0.3) is 0 Å². The lowest BCUT2D eigenvalue weighted by Crippen LogP contribution is -2.39. The van der Waals surface area contributed by atoms with E-state index in [4.69, 9.17) is 15.2 Å². The standard InChI is InChI=1S/C14H21N3O3/c1-16-13(18)8-17-5-4-9-10(7-17)11(15)6-12(19-2)14(9)20-3/h6H,4-5,7-8,15H2,1-3H3,(H,16,18). The quantitative estimate of drug-likeness (QED) is 0.780. The van der Waals surface area contributed by atoms with Crippen molar-refractivity contribution in [3.63, 3.8) is 0 Å². The first-order valence-corrected chi connectivity index (χ1v) is 6.55. The summed E-state index contributed by atoms with van der Waals surface area (Å²) in [6.45, 7) is 1.82. The Labute approximate surface area is 118 Å². The molecule has 0 radical (unpaired) electrons. The number of amides is 1. The van der Waals surface area contributed by atoms with Crippen LogP contribution in [0.25, 0.3) is 0 Å². The predicted octanol–water partition coefficient (Wildman–Crippen LogP) is 0.390. The number of nitrogens with zero attached hydrogens (tertiary/aromatic N) is 1. The van der Waals surface area contributed by atoms with Crippen LogP contribution in [-0.4, -0.2) is 45.2 Å². The highest BCUT2D eigenvalue weighted by Crippen LogP contribution is 2.39. The molecule has 1 heterocycles. The van der Waals surface area contributed by atoms with Crippen molar-refractivity contribution in [2.24, 2.45) is 0 Å². The number of nitrogen functional groups attached to an aromatic ring is 1. The maximum absolute atomic E-state index is 11.5. The molecular weight excluding hydrogens is 258 g/mol. The average molecular weight is 279 g/mol. The van der Waals surface area contributed by atoms with E-state index >= 15 is 0 Å². The average Bonchev–Trinajstić information content (AvgIpc) is 2.47. The lowest BCUT2D eigenvalue weighted by Gasteiger charge is -2.30. The second-order valence-corrected chi connectivity index (χ2v) is 4.79. The Kier molecular flexibility index (Phi) is 4.34. The number of benzene rings is 1. The molecule has 0 saturated heterocycles. The van der Waals surface area contributed by atoms with Crippen molar-refractivity contribution in [2.45, 2.75) is 13.0 Å². The lowest BCUT2D eigenvalue weighted by atomic mass is 9.96. The van der Waals surface area contributed by atoms with E-state index in [9.17, 15) is 4.79 Å². The van der Waals surface area contributed by atoms with Gasteiger partial charge in [-0.3, -0.25) is 9.69 Å². The van der Waals surface area contributed by atoms with Gasteiger partial charge in [0.05, 0.1) is 20.8 Å². The first-order valence-electron chi connectivity index (χ1n) is 6.55. The normalized spacial score (nSPS) is 14.6. The number of nitrogens with two attached hydrogens (primary N) is 1. The zero-order valence-electron chi connectivity index (χ0n) is 12.2. The Bertz CT molecular complexity index is 517. The van der Waals surface area contributed by atoms with Gasteiger partial charge in [-0.05, 0) is 12.0 Å². The van der Waals surface area contributed by atoms with Crippen molar-refractivity contribution < 1.29 is 14.3 Å². The molecule has 1 aromatic rings. The van der Waals surface area contributed by atoms with Gasteiger partial charge >= 0.3 is 0 Å². The number of likely N-dealkylation sites (N-methyl/N-ethyl adjacent to an activating group) is 1. The summed E-state index contributed by atoms with van der Waals surface area (Å²) in [5, 5.41) is 2.64. The summed E-state index contributed by atoms with van der Waals surface area (Å²) in [5.74, 6) is 1.41. The van der Waals surface area contributed by atoms with E-state index < -0.39 is 0 Å². The maximum atomic E-state index is 11.5. The van der Waals surface area contributed by atoms with Crippen LogP contribution in [0.2, 0.25) is 0 Å². The van der Waals surface area contributed by atoms with Crippen molar-refractivity contribution >= 4 is 11.6 Å². The molecule has 0 bridgehead atoms. The van der Waals surface area contributed by atoms with Crippen molar-refractivity contribution in [1.29, 1.82) is 0 Å². The smallest absolute Gasteiger partial charge is 0.233 e. The molecule has 3 N–H and O–H groups in total. The fourth-order valence-corrected chi connectivity index (χ4v) is 2.57. The second-order valence-electron chi connectivity index (χ2n) is 4.79. The van der Waals surface area contributed by atoms with Crippen LogP contribution in [0.15, 0.2) is 6.07 Å². The first kappa shape index (κ1) is 14.5. The number of ether oxygens (including phenoxy) is 2. The van der Waals surface area contributed by atoms with Gasteiger partial charge in [-0.25, -0.2) is 0 Å². The third-order valence-electron chi connectivity index (χ3n) is 3.63. The van der Waals surface area contributed by atoms with Gasteiger partial charge in [0.2, 0.25) is 5.91 Å². The molecule has 0 saturated carbocycles. The number of carbonyl (C=O) groups excluding carboxylic acids is 1. The summed E-state index contributed by atoms with van der Waals surface area (Å²) in [4.78, 5) is 13.5. The van der Waals surface area contributed by atoms with Crippen LogP contribution in [0.3, 0.4) is 0 Å². The van der Waals surface area contributed by atoms with Crippen molar-refractivity contribution in [2.75, 3.05) is 40.1 Å². The molecule has 6 nitrogen and oxygen atoms in total. The van der Waals surface area contributed by atoms with Crippen LogP contribution in [-0.2, 0) is 17.8 Å². The van der Waals surface area contributed by atoms with Gasteiger partial charge in [0.1, 0.15) is 0 Å². The fourth-order valence-electron chi connectivity index (χ4n) is 2.57. The molecular formula is C14H21N3O3. The third kappa shape index (κ3) is 2.65. The lowest BCUT2D eigenvalue weighted by molar-refractivity contribution is -0.121. The van der Waals surface area contributed by atoms with Gasteiger partial charge in [0, 0.05) is 37.5 Å². The number of fused-ring (bicyclic) bond motifs is 1. The minimum atomic E-state index is 0.00694. The number of carbonyl (C=O) groups is 1. The zero-order chi connectivity index (χ0) is 14.7. The van der Waals surface area contributed by atoms with Crippen LogP contribution in [0.1, 0.15) is 11.1 Å². The summed E-state index contributed by atoms with van der Waals surface area (Å²) in [6.07, 6.45) is 0.789. The van der Waals surface area contributed by atoms with Crippen molar-refractivity contribution in [1.82, 2.24) is 10.2 Å². The Morgan fingerprint density at radius 1 is 1.40 bits per heavy atom. The summed E-state index contributed by atoms with van der Waals surface area (Å²) in [6, 6.07) is 1.78. The topological polar surface area (TPSA) is 76.8 Å². The minimum absolute atomic E-state index is 0.00694. The van der Waals surface area contributed by atoms with Crippen LogP contribution >= 0.6 is 0 Å². The van der Waals surface area contributed by atoms with Crippen LogP contribution < -0.4 is 20.5 Å². The molecule has 1 aromatic carbocycles. The number of nitrogens with one attached hydrogen (secondary N) is 1. The van der Waals surface area contributed by atoms with Crippen molar-refractivity contribution in [3.8, 4) is 11.5 Å². The van der Waals surface area contributed by atoms with Gasteiger partial charge in [-0.15, -0.1) is 0 Å². The Morgan fingerprint density at radius 3 is 2.75 bits per heavy atom. The summed E-state index contributed by atoms with van der Waals surface area (Å²) in [7, 11) is 4.87. The molecule has 0 unspecified atom stereocenters. The highest BCUT2D eigenvalue weighted by atomic mass is 16.5. The molecule has 2 rings (SSSR count). The molecule has 0 aliphatic carbocycles. The SMILES string of the molecule is CNC(=O)CN1CCc2c(c(N)cc(OC)c2OC)C1. The van der Waals surface area contributed by atoms with Gasteiger partial charge < -0.3 is 20.5 Å². The first-order chi connectivity index (χ1) is 9.60. The summed E-state index contributed by atoms with van der Waals surface area (Å²) in [5.41, 5.74) is 8.89. The Balaban J connectivity index is 2.30. The molecule has 1 amide bonds. The highest BCUT2D eigenvalue weighted by Gasteiger charge is 2.25. The Morgan fingerprint density at radius 2 is 2.15 bits per heavy atom. The molecule has 0 atom stereocenters. The molecule has 1 aliphatic rings. The van der Waals surface area contributed by atoms with E-state index in [2.05, 4.69) is 10.2 Å². The largest absolute Gasteiger partial charge is 0.493 e. The van der Waals surface area contributed by atoms with Crippen LogP contribution in [0, 0.1) is 0 Å². The van der Waals surface area contributed by atoms with E-state index in [1.807, 2.05) is 0 Å². The maximum Gasteiger partial charge on any atom is 0.233 e. The zero-order valence-corrected chi connectivity index (χ0v) is 12.2. The van der Waals surface area contributed by atoms with Gasteiger partial charge in [-0.2, -0.15) is 0 Å². The molecule has 20 heavy (non-hydrogen) atoms. The van der Waals surface area contributed by atoms with E-state index in [1.165, 1.54) is 0 Å². The Hall–Kier alpha value is -1.95. The molecule has 1 aliphatic heterocycles. The van der Waals surface area contributed by atoms with Crippen LogP contribution in [0.4, 0.5) is 5.69 Å². The second kappa shape index (κ2) is 6.00. The molecule has 0 spiro atoms. The highest BCUT2D eigenvalue weighted by molar-refractivity contribution is 5.77. The van der Waals surface area contributed by atoms with Crippen LogP contribution in [0.5, 0.6) is 11.5 Å². The predicted molar refractivity (Wildman–Crippen MR) is 77.0 cm³/mol. The van der Waals surface area contributed by atoms with E-state index in [0.29, 0.717) is 24.5 Å². The fraction of sp³-hybridized carbons (Fsp3) is 0.500. The monoisotopic (exact) mass is 279 g/mol. The van der Waals surface area contributed by atoms with E-state index in [1.54, 1.807) is 27.3 Å². The van der Waals surface area contributed by atoms with Gasteiger partial charge in [-0.1, -0.05) is 0 Å².